The Kier molecular flexibility index (Phi) is 3.42. The molecule has 1 aromatic carbocycles. The van der Waals surface area contributed by atoms with E-state index in [1.165, 1.54) is 11.1 Å². The van der Waals surface area contributed by atoms with Crippen LogP contribution in [0.4, 0.5) is 5.69 Å². The van der Waals surface area contributed by atoms with Crippen LogP contribution in [0, 0.1) is 5.92 Å². The van der Waals surface area contributed by atoms with E-state index >= 15 is 0 Å². The first-order valence-corrected chi connectivity index (χ1v) is 6.59. The van der Waals surface area contributed by atoms with Gasteiger partial charge in [-0.2, -0.15) is 0 Å². The molecule has 1 N–H and O–H groups in total. The minimum absolute atomic E-state index is 0.727. The monoisotopic (exact) mass is 242 g/mol. The van der Waals surface area contributed by atoms with Gasteiger partial charge >= 0.3 is 0 Å². The van der Waals surface area contributed by atoms with E-state index in [2.05, 4.69) is 34.6 Å². The molecule has 18 heavy (non-hydrogen) atoms. The van der Waals surface area contributed by atoms with E-state index in [1.54, 1.807) is 0 Å². The van der Waals surface area contributed by atoms with Crippen LogP contribution in [0.25, 0.3) is 10.9 Å². The van der Waals surface area contributed by atoms with Crippen LogP contribution in [-0.2, 0) is 4.74 Å². The molecule has 2 heterocycles. The Morgan fingerprint density at radius 3 is 2.94 bits per heavy atom. The summed E-state index contributed by atoms with van der Waals surface area (Å²) in [5.41, 5.74) is 2.24. The Labute approximate surface area is 107 Å². The zero-order valence-electron chi connectivity index (χ0n) is 10.4. The highest BCUT2D eigenvalue weighted by atomic mass is 16.5. The van der Waals surface area contributed by atoms with Crippen LogP contribution in [0.5, 0.6) is 0 Å². The zero-order valence-corrected chi connectivity index (χ0v) is 10.4. The molecule has 0 saturated carbocycles. The molecule has 1 saturated heterocycles. The fourth-order valence-corrected chi connectivity index (χ4v) is 2.46. The normalized spacial score (nSPS) is 16.9. The molecular weight excluding hydrogens is 224 g/mol. The molecule has 0 unspecified atom stereocenters. The van der Waals surface area contributed by atoms with Crippen molar-refractivity contribution >= 4 is 16.6 Å². The van der Waals surface area contributed by atoms with Crippen molar-refractivity contribution in [2.75, 3.05) is 25.1 Å². The van der Waals surface area contributed by atoms with Gasteiger partial charge in [-0.15, -0.1) is 0 Å². The Morgan fingerprint density at radius 1 is 1.17 bits per heavy atom. The molecule has 0 aliphatic carbocycles. The molecular formula is C15H18N2O. The molecule has 0 amide bonds. The van der Waals surface area contributed by atoms with Crippen molar-refractivity contribution in [2.24, 2.45) is 5.92 Å². The molecule has 1 aromatic heterocycles. The van der Waals surface area contributed by atoms with Crippen LogP contribution in [-0.4, -0.2) is 24.7 Å². The Bertz CT molecular complexity index is 515. The van der Waals surface area contributed by atoms with Crippen molar-refractivity contribution < 1.29 is 4.74 Å². The zero-order chi connectivity index (χ0) is 12.2. The van der Waals surface area contributed by atoms with Crippen molar-refractivity contribution in [1.29, 1.82) is 0 Å². The van der Waals surface area contributed by atoms with E-state index in [4.69, 9.17) is 4.74 Å². The molecule has 1 aliphatic rings. The average Bonchev–Trinajstić information content (AvgIpc) is 2.46. The predicted octanol–water partition coefficient (Wildman–Crippen LogP) is 3.07. The lowest BCUT2D eigenvalue weighted by Gasteiger charge is -2.23. The largest absolute Gasteiger partial charge is 0.384 e. The first kappa shape index (κ1) is 11.5. The minimum Gasteiger partial charge on any atom is -0.384 e. The molecule has 0 atom stereocenters. The van der Waals surface area contributed by atoms with Gasteiger partial charge in [0.1, 0.15) is 0 Å². The number of aromatic nitrogens is 1. The van der Waals surface area contributed by atoms with Crippen molar-refractivity contribution in [2.45, 2.75) is 12.8 Å². The van der Waals surface area contributed by atoms with Gasteiger partial charge in [0.05, 0.1) is 5.52 Å². The molecule has 0 spiro atoms. The maximum Gasteiger partial charge on any atom is 0.0722 e. The number of fused-ring (bicyclic) bond motifs is 1. The maximum atomic E-state index is 5.38. The Hall–Kier alpha value is -1.61. The summed E-state index contributed by atoms with van der Waals surface area (Å²) in [5, 5.41) is 4.76. The quantitative estimate of drug-likeness (QED) is 0.898. The van der Waals surface area contributed by atoms with Crippen LogP contribution < -0.4 is 5.32 Å². The summed E-state index contributed by atoms with van der Waals surface area (Å²) in [6.45, 7) is 2.84. The number of anilines is 1. The second kappa shape index (κ2) is 5.36. The lowest BCUT2D eigenvalue weighted by Crippen LogP contribution is -2.22. The number of hydrogen-bond donors (Lipinski definition) is 1. The number of nitrogens with zero attached hydrogens (tertiary/aromatic N) is 1. The maximum absolute atomic E-state index is 5.38. The van der Waals surface area contributed by atoms with Gasteiger partial charge in [0, 0.05) is 37.0 Å². The van der Waals surface area contributed by atoms with Gasteiger partial charge in [0.15, 0.2) is 0 Å². The second-order valence-electron chi connectivity index (χ2n) is 4.81. The van der Waals surface area contributed by atoms with Crippen LogP contribution in [0.3, 0.4) is 0 Å². The summed E-state index contributed by atoms with van der Waals surface area (Å²) in [7, 11) is 0. The van der Waals surface area contributed by atoms with E-state index < -0.39 is 0 Å². The number of rotatable bonds is 3. The number of ether oxygens (including phenoxy) is 1. The third-order valence-electron chi connectivity index (χ3n) is 3.57. The Morgan fingerprint density at radius 2 is 2.06 bits per heavy atom. The molecule has 0 radical (unpaired) electrons. The summed E-state index contributed by atoms with van der Waals surface area (Å²) in [6.07, 6.45) is 4.16. The van der Waals surface area contributed by atoms with Gasteiger partial charge in [-0.1, -0.05) is 6.07 Å². The fraction of sp³-hybridized carbons (Fsp3) is 0.400. The molecule has 94 valence electrons. The highest BCUT2D eigenvalue weighted by molar-refractivity contribution is 5.91. The van der Waals surface area contributed by atoms with Gasteiger partial charge in [-0.05, 0) is 43.0 Å². The summed E-state index contributed by atoms with van der Waals surface area (Å²) < 4.78 is 5.38. The number of benzene rings is 1. The van der Waals surface area contributed by atoms with Gasteiger partial charge in [0.2, 0.25) is 0 Å². The van der Waals surface area contributed by atoms with Crippen molar-refractivity contribution in [3.8, 4) is 0 Å². The third-order valence-corrected chi connectivity index (χ3v) is 3.57. The van der Waals surface area contributed by atoms with Gasteiger partial charge < -0.3 is 10.1 Å². The second-order valence-corrected chi connectivity index (χ2v) is 4.81. The highest BCUT2D eigenvalue weighted by Crippen LogP contribution is 2.23. The van der Waals surface area contributed by atoms with Crippen LogP contribution in [0.15, 0.2) is 36.5 Å². The van der Waals surface area contributed by atoms with E-state index in [9.17, 15) is 0 Å². The molecule has 3 rings (SSSR count). The van der Waals surface area contributed by atoms with Crippen molar-refractivity contribution in [3.05, 3.63) is 36.5 Å². The lowest BCUT2D eigenvalue weighted by atomic mass is 10.0. The standard InChI is InChI=1S/C15H18N2O/c1-4-14-13(3-2-8-16-14)15(5-1)17-11-12-6-9-18-10-7-12/h1-5,8,12,17H,6-7,9-11H2. The van der Waals surface area contributed by atoms with E-state index in [0.29, 0.717) is 0 Å². The van der Waals surface area contributed by atoms with Crippen molar-refractivity contribution in [1.82, 2.24) is 4.98 Å². The first-order valence-electron chi connectivity index (χ1n) is 6.59. The topological polar surface area (TPSA) is 34.1 Å². The summed E-state index contributed by atoms with van der Waals surface area (Å²) >= 11 is 0. The Balaban J connectivity index is 1.74. The lowest BCUT2D eigenvalue weighted by molar-refractivity contribution is 0.0699. The van der Waals surface area contributed by atoms with Crippen molar-refractivity contribution in [3.63, 3.8) is 0 Å². The predicted molar refractivity (Wildman–Crippen MR) is 73.8 cm³/mol. The fourth-order valence-electron chi connectivity index (χ4n) is 2.46. The van der Waals surface area contributed by atoms with E-state index in [1.807, 2.05) is 12.3 Å². The summed E-state index contributed by atoms with van der Waals surface area (Å²) in [5.74, 6) is 0.727. The average molecular weight is 242 g/mol. The number of nitrogens with one attached hydrogen (secondary N) is 1. The molecule has 0 bridgehead atoms. The molecule has 2 aromatic rings. The smallest absolute Gasteiger partial charge is 0.0722 e. The van der Waals surface area contributed by atoms with Gasteiger partial charge in [0.25, 0.3) is 0 Å². The van der Waals surface area contributed by atoms with Gasteiger partial charge in [-0.3, -0.25) is 4.98 Å². The van der Waals surface area contributed by atoms with Gasteiger partial charge in [-0.25, -0.2) is 0 Å². The summed E-state index contributed by atoms with van der Waals surface area (Å²) in [4.78, 5) is 4.38. The molecule has 3 nitrogen and oxygen atoms in total. The number of hydrogen-bond acceptors (Lipinski definition) is 3. The highest BCUT2D eigenvalue weighted by Gasteiger charge is 2.13. The SMILES string of the molecule is c1cc(NCC2CCOCC2)c2cccnc2c1. The molecule has 1 fully saturated rings. The van der Waals surface area contributed by atoms with Crippen LogP contribution in [0.2, 0.25) is 0 Å². The van der Waals surface area contributed by atoms with Crippen LogP contribution >= 0.6 is 0 Å². The first-order chi connectivity index (χ1) is 8.93. The van der Waals surface area contributed by atoms with E-state index in [0.717, 1.165) is 44.0 Å². The summed E-state index contributed by atoms with van der Waals surface area (Å²) in [6, 6.07) is 10.3. The van der Waals surface area contributed by atoms with E-state index in [-0.39, 0.29) is 0 Å². The molecule has 1 aliphatic heterocycles. The minimum atomic E-state index is 0.727. The molecule has 3 heteroatoms. The van der Waals surface area contributed by atoms with Crippen LogP contribution in [0.1, 0.15) is 12.8 Å². The number of pyridine rings is 1. The third kappa shape index (κ3) is 2.46.